The Kier molecular flexibility index (Phi) is 5.50. The third-order valence-corrected chi connectivity index (χ3v) is 3.49. The Morgan fingerprint density at radius 3 is 2.62 bits per heavy atom. The molecule has 1 aromatic rings. The van der Waals surface area contributed by atoms with E-state index in [0.29, 0.717) is 17.4 Å². The molecule has 1 amide bonds. The molecule has 0 saturated carbocycles. The van der Waals surface area contributed by atoms with Gasteiger partial charge in [0.1, 0.15) is 11.5 Å². The summed E-state index contributed by atoms with van der Waals surface area (Å²) in [5.41, 5.74) is 0.422. The van der Waals surface area contributed by atoms with Crippen LogP contribution in [0, 0.1) is 5.92 Å². The summed E-state index contributed by atoms with van der Waals surface area (Å²) in [6.45, 7) is 11.7. The highest BCUT2D eigenvalue weighted by Crippen LogP contribution is 2.10. The first-order valence-electron chi connectivity index (χ1n) is 7.67. The third-order valence-electron chi connectivity index (χ3n) is 3.49. The summed E-state index contributed by atoms with van der Waals surface area (Å²) in [7, 11) is 0. The molecule has 0 aliphatic carbocycles. The van der Waals surface area contributed by atoms with Crippen molar-refractivity contribution in [1.82, 2.24) is 19.8 Å². The topological polar surface area (TPSA) is 61.4 Å². The van der Waals surface area contributed by atoms with Gasteiger partial charge in [-0.3, -0.25) is 14.7 Å². The standard InChI is InChI=1S/C15H25N5O/c1-4-17-14-10-16-9-13(18-14)15(21)20-7-5-19(6-8-20)11-12(2)3/h9-10,12H,4-8,11H2,1-3H3,(H,17,18). The minimum absolute atomic E-state index is 0.0218. The van der Waals surface area contributed by atoms with E-state index in [4.69, 9.17) is 0 Å². The first-order chi connectivity index (χ1) is 10.1. The average Bonchev–Trinajstić information content (AvgIpc) is 2.47. The Bertz CT molecular complexity index is 469. The van der Waals surface area contributed by atoms with E-state index in [1.807, 2.05) is 11.8 Å². The number of hydrogen-bond donors (Lipinski definition) is 1. The lowest BCUT2D eigenvalue weighted by Gasteiger charge is -2.35. The lowest BCUT2D eigenvalue weighted by Crippen LogP contribution is -2.49. The van der Waals surface area contributed by atoms with E-state index in [9.17, 15) is 4.79 Å². The van der Waals surface area contributed by atoms with Crippen molar-refractivity contribution in [3.05, 3.63) is 18.1 Å². The predicted octanol–water partition coefficient (Wildman–Crippen LogP) is 1.32. The van der Waals surface area contributed by atoms with Crippen molar-refractivity contribution < 1.29 is 4.79 Å². The van der Waals surface area contributed by atoms with Gasteiger partial charge in [0.15, 0.2) is 0 Å². The van der Waals surface area contributed by atoms with Gasteiger partial charge < -0.3 is 10.2 Å². The fraction of sp³-hybridized carbons (Fsp3) is 0.667. The Balaban J connectivity index is 1.94. The summed E-state index contributed by atoms with van der Waals surface area (Å²) in [5.74, 6) is 1.29. The number of amides is 1. The van der Waals surface area contributed by atoms with Crippen molar-refractivity contribution in [3.63, 3.8) is 0 Å². The number of nitrogens with one attached hydrogen (secondary N) is 1. The second kappa shape index (κ2) is 7.36. The Labute approximate surface area is 126 Å². The molecule has 116 valence electrons. The molecular formula is C15H25N5O. The highest BCUT2D eigenvalue weighted by molar-refractivity contribution is 5.92. The number of carbonyl (C=O) groups excluding carboxylic acids is 1. The number of piperazine rings is 1. The molecule has 6 heteroatoms. The van der Waals surface area contributed by atoms with Crippen LogP contribution in [0.2, 0.25) is 0 Å². The van der Waals surface area contributed by atoms with Gasteiger partial charge >= 0.3 is 0 Å². The van der Waals surface area contributed by atoms with E-state index in [1.54, 1.807) is 12.4 Å². The van der Waals surface area contributed by atoms with Crippen LogP contribution < -0.4 is 5.32 Å². The average molecular weight is 291 g/mol. The molecule has 1 aliphatic heterocycles. The summed E-state index contributed by atoms with van der Waals surface area (Å²) < 4.78 is 0. The number of nitrogens with zero attached hydrogens (tertiary/aromatic N) is 4. The number of rotatable bonds is 5. The van der Waals surface area contributed by atoms with E-state index in [2.05, 4.69) is 34.0 Å². The van der Waals surface area contributed by atoms with Gasteiger partial charge in [0.25, 0.3) is 5.91 Å². The van der Waals surface area contributed by atoms with Gasteiger partial charge in [-0.2, -0.15) is 0 Å². The van der Waals surface area contributed by atoms with E-state index >= 15 is 0 Å². The van der Waals surface area contributed by atoms with E-state index in [-0.39, 0.29) is 5.91 Å². The monoisotopic (exact) mass is 291 g/mol. The largest absolute Gasteiger partial charge is 0.369 e. The van der Waals surface area contributed by atoms with Crippen LogP contribution >= 0.6 is 0 Å². The molecule has 21 heavy (non-hydrogen) atoms. The quantitative estimate of drug-likeness (QED) is 0.886. The van der Waals surface area contributed by atoms with Gasteiger partial charge in [-0.25, -0.2) is 4.98 Å². The van der Waals surface area contributed by atoms with Crippen LogP contribution in [0.25, 0.3) is 0 Å². The smallest absolute Gasteiger partial charge is 0.274 e. The maximum absolute atomic E-state index is 12.5. The molecule has 0 aromatic carbocycles. The fourth-order valence-corrected chi connectivity index (χ4v) is 2.55. The highest BCUT2D eigenvalue weighted by atomic mass is 16.2. The van der Waals surface area contributed by atoms with E-state index in [1.165, 1.54) is 0 Å². The summed E-state index contributed by atoms with van der Waals surface area (Å²) in [4.78, 5) is 25.2. The summed E-state index contributed by atoms with van der Waals surface area (Å²) in [6, 6.07) is 0. The molecule has 1 saturated heterocycles. The molecule has 2 rings (SSSR count). The van der Waals surface area contributed by atoms with Crippen LogP contribution in [0.15, 0.2) is 12.4 Å². The first kappa shape index (κ1) is 15.7. The van der Waals surface area contributed by atoms with Crippen molar-refractivity contribution in [1.29, 1.82) is 0 Å². The van der Waals surface area contributed by atoms with Crippen LogP contribution in [-0.2, 0) is 0 Å². The second-order valence-corrected chi connectivity index (χ2v) is 5.81. The first-order valence-corrected chi connectivity index (χ1v) is 7.67. The van der Waals surface area contributed by atoms with Crippen molar-refractivity contribution in [2.75, 3.05) is 44.6 Å². The van der Waals surface area contributed by atoms with Gasteiger partial charge in [-0.05, 0) is 12.8 Å². The zero-order chi connectivity index (χ0) is 15.2. The van der Waals surface area contributed by atoms with Gasteiger partial charge in [0, 0.05) is 39.3 Å². The molecule has 1 fully saturated rings. The Morgan fingerprint density at radius 2 is 2.00 bits per heavy atom. The van der Waals surface area contributed by atoms with Crippen LogP contribution in [0.5, 0.6) is 0 Å². The van der Waals surface area contributed by atoms with Crippen LogP contribution in [0.1, 0.15) is 31.3 Å². The van der Waals surface area contributed by atoms with E-state index in [0.717, 1.165) is 39.3 Å². The molecule has 0 bridgehead atoms. The molecule has 0 atom stereocenters. The Hall–Kier alpha value is -1.69. The molecule has 0 radical (unpaired) electrons. The highest BCUT2D eigenvalue weighted by Gasteiger charge is 2.23. The second-order valence-electron chi connectivity index (χ2n) is 5.81. The lowest BCUT2D eigenvalue weighted by atomic mass is 10.2. The van der Waals surface area contributed by atoms with Crippen molar-refractivity contribution in [2.24, 2.45) is 5.92 Å². The molecule has 1 aromatic heterocycles. The van der Waals surface area contributed by atoms with Crippen molar-refractivity contribution in [3.8, 4) is 0 Å². The van der Waals surface area contributed by atoms with Crippen LogP contribution in [0.3, 0.4) is 0 Å². The number of hydrogen-bond acceptors (Lipinski definition) is 5. The minimum Gasteiger partial charge on any atom is -0.369 e. The van der Waals surface area contributed by atoms with Gasteiger partial charge in [0.05, 0.1) is 12.4 Å². The molecule has 1 N–H and O–H groups in total. The molecular weight excluding hydrogens is 266 g/mol. The molecule has 1 aliphatic rings. The van der Waals surface area contributed by atoms with Crippen LogP contribution in [-0.4, -0.2) is 64.9 Å². The summed E-state index contributed by atoms with van der Waals surface area (Å²) in [6.07, 6.45) is 3.19. The molecule has 6 nitrogen and oxygen atoms in total. The predicted molar refractivity (Wildman–Crippen MR) is 83.4 cm³/mol. The van der Waals surface area contributed by atoms with Crippen molar-refractivity contribution >= 4 is 11.7 Å². The van der Waals surface area contributed by atoms with Crippen molar-refractivity contribution in [2.45, 2.75) is 20.8 Å². The lowest BCUT2D eigenvalue weighted by molar-refractivity contribution is 0.0618. The molecule has 2 heterocycles. The third kappa shape index (κ3) is 4.39. The SMILES string of the molecule is CCNc1cncc(C(=O)N2CCN(CC(C)C)CC2)n1. The Morgan fingerprint density at radius 1 is 1.29 bits per heavy atom. The number of carbonyl (C=O) groups is 1. The number of anilines is 1. The maximum atomic E-state index is 12.5. The number of aromatic nitrogens is 2. The van der Waals surface area contributed by atoms with E-state index < -0.39 is 0 Å². The zero-order valence-corrected chi connectivity index (χ0v) is 13.2. The maximum Gasteiger partial charge on any atom is 0.274 e. The van der Waals surface area contributed by atoms with Gasteiger partial charge in [0.2, 0.25) is 0 Å². The van der Waals surface area contributed by atoms with Gasteiger partial charge in [-0.15, -0.1) is 0 Å². The normalized spacial score (nSPS) is 16.3. The molecule has 0 spiro atoms. The van der Waals surface area contributed by atoms with Crippen LogP contribution in [0.4, 0.5) is 5.82 Å². The molecule has 0 unspecified atom stereocenters. The van der Waals surface area contributed by atoms with Gasteiger partial charge in [-0.1, -0.05) is 13.8 Å². The fourth-order valence-electron chi connectivity index (χ4n) is 2.55. The minimum atomic E-state index is -0.0218. The summed E-state index contributed by atoms with van der Waals surface area (Å²) in [5, 5.41) is 3.08. The zero-order valence-electron chi connectivity index (χ0n) is 13.2. The summed E-state index contributed by atoms with van der Waals surface area (Å²) >= 11 is 0.